The number of benzene rings is 1. The van der Waals surface area contributed by atoms with Crippen molar-refractivity contribution in [2.45, 2.75) is 12.5 Å². The average molecular weight is 268 g/mol. The van der Waals surface area contributed by atoms with Crippen molar-refractivity contribution in [2.24, 2.45) is 11.7 Å². The van der Waals surface area contributed by atoms with Crippen LogP contribution in [0, 0.1) is 5.92 Å². The van der Waals surface area contributed by atoms with E-state index in [0.29, 0.717) is 6.42 Å². The monoisotopic (exact) mass is 268 g/mol. The SMILES string of the molecule is CN(C)c1ccc(C(N)C2CCS(=O)(=O)C2)cc1. The van der Waals surface area contributed by atoms with Gasteiger partial charge in [0.25, 0.3) is 0 Å². The van der Waals surface area contributed by atoms with Gasteiger partial charge >= 0.3 is 0 Å². The summed E-state index contributed by atoms with van der Waals surface area (Å²) in [5.41, 5.74) is 8.30. The van der Waals surface area contributed by atoms with E-state index in [0.717, 1.165) is 11.3 Å². The molecular weight excluding hydrogens is 248 g/mol. The van der Waals surface area contributed by atoms with E-state index in [-0.39, 0.29) is 23.5 Å². The minimum absolute atomic E-state index is 0.0557. The van der Waals surface area contributed by atoms with E-state index < -0.39 is 9.84 Å². The Kier molecular flexibility index (Phi) is 3.64. The molecule has 1 fully saturated rings. The van der Waals surface area contributed by atoms with Crippen molar-refractivity contribution in [3.05, 3.63) is 29.8 Å². The molecule has 4 nitrogen and oxygen atoms in total. The number of rotatable bonds is 3. The van der Waals surface area contributed by atoms with Crippen molar-refractivity contribution in [3.63, 3.8) is 0 Å². The van der Waals surface area contributed by atoms with Crippen molar-refractivity contribution in [1.82, 2.24) is 0 Å². The summed E-state index contributed by atoms with van der Waals surface area (Å²) in [6, 6.07) is 7.83. The Morgan fingerprint density at radius 2 is 1.89 bits per heavy atom. The molecule has 1 aliphatic heterocycles. The van der Waals surface area contributed by atoms with Crippen LogP contribution < -0.4 is 10.6 Å². The molecule has 1 aliphatic rings. The second-order valence-corrected chi connectivity index (χ2v) is 7.40. The molecule has 0 aromatic heterocycles. The molecule has 100 valence electrons. The summed E-state index contributed by atoms with van der Waals surface area (Å²) < 4.78 is 22.9. The van der Waals surface area contributed by atoms with Gasteiger partial charge in [-0.3, -0.25) is 0 Å². The van der Waals surface area contributed by atoms with Gasteiger partial charge in [0.15, 0.2) is 9.84 Å². The van der Waals surface area contributed by atoms with E-state index >= 15 is 0 Å². The van der Waals surface area contributed by atoms with Crippen molar-refractivity contribution >= 4 is 15.5 Å². The van der Waals surface area contributed by atoms with Crippen molar-refractivity contribution in [3.8, 4) is 0 Å². The lowest BCUT2D eigenvalue weighted by Gasteiger charge is -2.19. The van der Waals surface area contributed by atoms with E-state index in [9.17, 15) is 8.42 Å². The highest BCUT2D eigenvalue weighted by Gasteiger charge is 2.32. The fourth-order valence-corrected chi connectivity index (χ4v) is 4.23. The van der Waals surface area contributed by atoms with Gasteiger partial charge in [-0.25, -0.2) is 8.42 Å². The summed E-state index contributed by atoms with van der Waals surface area (Å²) in [4.78, 5) is 2.02. The maximum Gasteiger partial charge on any atom is 0.150 e. The van der Waals surface area contributed by atoms with Crippen LogP contribution in [0.2, 0.25) is 0 Å². The topological polar surface area (TPSA) is 63.4 Å². The van der Waals surface area contributed by atoms with Crippen LogP contribution in [0.25, 0.3) is 0 Å². The van der Waals surface area contributed by atoms with E-state index in [1.165, 1.54) is 0 Å². The highest BCUT2D eigenvalue weighted by atomic mass is 32.2. The molecule has 0 amide bonds. The first-order chi connectivity index (χ1) is 8.39. The Bertz CT molecular complexity index is 508. The van der Waals surface area contributed by atoms with Gasteiger partial charge in [0, 0.05) is 25.8 Å². The molecule has 1 aromatic rings. The maximum absolute atomic E-state index is 11.5. The molecule has 5 heteroatoms. The Morgan fingerprint density at radius 1 is 1.28 bits per heavy atom. The second-order valence-electron chi connectivity index (χ2n) is 5.17. The molecule has 2 rings (SSSR count). The fourth-order valence-electron chi connectivity index (χ4n) is 2.37. The molecule has 18 heavy (non-hydrogen) atoms. The van der Waals surface area contributed by atoms with Gasteiger partial charge in [0.2, 0.25) is 0 Å². The van der Waals surface area contributed by atoms with Crippen molar-refractivity contribution < 1.29 is 8.42 Å². The Balaban J connectivity index is 2.12. The van der Waals surface area contributed by atoms with Crippen molar-refractivity contribution in [2.75, 3.05) is 30.5 Å². The molecule has 2 atom stereocenters. The lowest BCUT2D eigenvalue weighted by atomic mass is 9.93. The van der Waals surface area contributed by atoms with E-state index in [1.807, 2.05) is 43.3 Å². The van der Waals surface area contributed by atoms with Gasteiger partial charge in [-0.2, -0.15) is 0 Å². The Labute approximate surface area is 109 Å². The number of sulfone groups is 1. The largest absolute Gasteiger partial charge is 0.378 e. The number of nitrogens with zero attached hydrogens (tertiary/aromatic N) is 1. The van der Waals surface area contributed by atoms with Gasteiger partial charge in [-0.1, -0.05) is 12.1 Å². The minimum atomic E-state index is -2.86. The van der Waals surface area contributed by atoms with Crippen LogP contribution in [0.3, 0.4) is 0 Å². The van der Waals surface area contributed by atoms with Crippen LogP contribution in [0.1, 0.15) is 18.0 Å². The predicted molar refractivity (Wildman–Crippen MR) is 74.5 cm³/mol. The molecule has 1 heterocycles. The van der Waals surface area contributed by atoms with Crippen LogP contribution in [-0.2, 0) is 9.84 Å². The van der Waals surface area contributed by atoms with Crippen LogP contribution in [0.4, 0.5) is 5.69 Å². The van der Waals surface area contributed by atoms with E-state index in [4.69, 9.17) is 5.73 Å². The zero-order valence-corrected chi connectivity index (χ0v) is 11.7. The highest BCUT2D eigenvalue weighted by molar-refractivity contribution is 7.91. The molecule has 0 aliphatic carbocycles. The molecule has 2 unspecified atom stereocenters. The quantitative estimate of drug-likeness (QED) is 0.894. The summed E-state index contributed by atoms with van der Waals surface area (Å²) in [5.74, 6) is 0.560. The third-order valence-corrected chi connectivity index (χ3v) is 5.36. The third kappa shape index (κ3) is 2.84. The zero-order chi connectivity index (χ0) is 13.3. The van der Waals surface area contributed by atoms with Gasteiger partial charge < -0.3 is 10.6 Å². The predicted octanol–water partition coefficient (Wildman–Crippen LogP) is 1.19. The molecule has 0 bridgehead atoms. The first kappa shape index (κ1) is 13.4. The number of nitrogens with two attached hydrogens (primary N) is 1. The standard InChI is InChI=1S/C13H20N2O2S/c1-15(2)12-5-3-10(4-6-12)13(14)11-7-8-18(16,17)9-11/h3-6,11,13H,7-9,14H2,1-2H3. The molecule has 1 saturated heterocycles. The second kappa shape index (κ2) is 4.90. The fraction of sp³-hybridized carbons (Fsp3) is 0.538. The zero-order valence-electron chi connectivity index (χ0n) is 10.8. The molecule has 0 radical (unpaired) electrons. The van der Waals surface area contributed by atoms with Crippen LogP contribution in [0.15, 0.2) is 24.3 Å². The number of hydrogen-bond acceptors (Lipinski definition) is 4. The molecule has 1 aromatic carbocycles. The summed E-state index contributed by atoms with van der Waals surface area (Å²) >= 11 is 0. The number of anilines is 1. The summed E-state index contributed by atoms with van der Waals surface area (Å²) in [6.45, 7) is 0. The van der Waals surface area contributed by atoms with Gasteiger partial charge in [0.05, 0.1) is 11.5 Å². The minimum Gasteiger partial charge on any atom is -0.378 e. The first-order valence-electron chi connectivity index (χ1n) is 6.12. The third-order valence-electron chi connectivity index (χ3n) is 3.57. The maximum atomic E-state index is 11.5. The Morgan fingerprint density at radius 3 is 2.33 bits per heavy atom. The van der Waals surface area contributed by atoms with E-state index in [2.05, 4.69) is 0 Å². The van der Waals surface area contributed by atoms with Gasteiger partial charge in [-0.15, -0.1) is 0 Å². The molecule has 2 N–H and O–H groups in total. The molecule has 0 saturated carbocycles. The Hall–Kier alpha value is -1.07. The molecule has 0 spiro atoms. The van der Waals surface area contributed by atoms with Gasteiger partial charge in [-0.05, 0) is 30.0 Å². The highest BCUT2D eigenvalue weighted by Crippen LogP contribution is 2.30. The summed E-state index contributed by atoms with van der Waals surface area (Å²) in [7, 11) is 1.11. The van der Waals surface area contributed by atoms with Crippen LogP contribution in [0.5, 0.6) is 0 Å². The lowest BCUT2D eigenvalue weighted by Crippen LogP contribution is -2.22. The average Bonchev–Trinajstić information content (AvgIpc) is 2.69. The summed E-state index contributed by atoms with van der Waals surface area (Å²) in [6.07, 6.45) is 0.679. The van der Waals surface area contributed by atoms with Gasteiger partial charge in [0.1, 0.15) is 0 Å². The number of hydrogen-bond donors (Lipinski definition) is 1. The van der Waals surface area contributed by atoms with Crippen molar-refractivity contribution in [1.29, 1.82) is 0 Å². The summed E-state index contributed by atoms with van der Waals surface area (Å²) in [5, 5.41) is 0. The van der Waals surface area contributed by atoms with Crippen LogP contribution in [-0.4, -0.2) is 34.0 Å². The smallest absolute Gasteiger partial charge is 0.150 e. The first-order valence-corrected chi connectivity index (χ1v) is 7.94. The normalized spacial score (nSPS) is 23.8. The van der Waals surface area contributed by atoms with Crippen LogP contribution >= 0.6 is 0 Å². The lowest BCUT2D eigenvalue weighted by molar-refractivity contribution is 0.480. The molecular formula is C13H20N2O2S. The van der Waals surface area contributed by atoms with E-state index in [1.54, 1.807) is 0 Å².